The Morgan fingerprint density at radius 1 is 1.12 bits per heavy atom. The number of aromatic nitrogens is 3. The standard InChI is InChI=1S/C35H37N3O4S/c1-33-17-21-19-36-38(23-8-4-3-5-9-23)27(21)16-22(33)12-13-24-25-14-15-35(41,34(25,2)18-28(39)31(24)33)30(40)20-42-32-37-26-10-6-7-11-29(26)43-32/h3-11,16,19,24-25,28,31,39,41H,12-15,17-18,20H2,1-2H3/t24?,25?,28-,31?,33?,34?,35-/m0/s1. The van der Waals surface area contributed by atoms with Crippen LogP contribution >= 0.6 is 11.3 Å². The lowest BCUT2D eigenvalue weighted by Gasteiger charge is -2.60. The van der Waals surface area contributed by atoms with Crippen molar-refractivity contribution in [2.45, 2.75) is 64.1 Å². The molecule has 8 rings (SSSR count). The van der Waals surface area contributed by atoms with Gasteiger partial charge in [0.15, 0.2) is 6.61 Å². The number of carbonyl (C=O) groups excluding carboxylic acids is 1. The van der Waals surface area contributed by atoms with Gasteiger partial charge in [0.25, 0.3) is 5.19 Å². The van der Waals surface area contributed by atoms with E-state index in [0.29, 0.717) is 18.0 Å². The Labute approximate surface area is 255 Å². The van der Waals surface area contributed by atoms with Crippen molar-refractivity contribution in [3.63, 3.8) is 0 Å². The van der Waals surface area contributed by atoms with Crippen LogP contribution in [0.2, 0.25) is 0 Å². The summed E-state index contributed by atoms with van der Waals surface area (Å²) in [4.78, 5) is 18.2. The monoisotopic (exact) mass is 595 g/mol. The maximum atomic E-state index is 13.7. The number of allylic oxidation sites excluding steroid dienone is 1. The van der Waals surface area contributed by atoms with Crippen molar-refractivity contribution < 1.29 is 19.7 Å². The van der Waals surface area contributed by atoms with Crippen LogP contribution in [0.4, 0.5) is 0 Å². The van der Waals surface area contributed by atoms with Crippen LogP contribution in [-0.4, -0.2) is 49.1 Å². The molecule has 0 aliphatic heterocycles. The third-order valence-corrected chi connectivity index (χ3v) is 12.6. The van der Waals surface area contributed by atoms with Gasteiger partial charge in [0.05, 0.1) is 33.9 Å². The van der Waals surface area contributed by atoms with E-state index in [2.05, 4.69) is 30.1 Å². The molecule has 2 aromatic heterocycles. The predicted octanol–water partition coefficient (Wildman–Crippen LogP) is 6.01. The molecule has 4 aliphatic carbocycles. The maximum absolute atomic E-state index is 13.7. The molecule has 2 heterocycles. The average Bonchev–Trinajstić information content (AvgIpc) is 3.68. The van der Waals surface area contributed by atoms with E-state index in [1.807, 2.05) is 60.3 Å². The Hall–Kier alpha value is -3.33. The Morgan fingerprint density at radius 3 is 2.72 bits per heavy atom. The largest absolute Gasteiger partial charge is 0.462 e. The van der Waals surface area contributed by atoms with Crippen LogP contribution in [0.5, 0.6) is 5.19 Å². The molecule has 7 nitrogen and oxygen atoms in total. The molecule has 4 aliphatic rings. The normalized spacial score (nSPS) is 34.6. The lowest BCUT2D eigenvalue weighted by atomic mass is 9.45. The number of ketones is 1. The number of benzene rings is 2. The Kier molecular flexibility index (Phi) is 6.07. The summed E-state index contributed by atoms with van der Waals surface area (Å²) in [5.41, 5.74) is 3.18. The Bertz CT molecular complexity index is 1730. The smallest absolute Gasteiger partial charge is 0.274 e. The summed E-state index contributed by atoms with van der Waals surface area (Å²) in [7, 11) is 0. The van der Waals surface area contributed by atoms with Gasteiger partial charge >= 0.3 is 0 Å². The lowest BCUT2D eigenvalue weighted by molar-refractivity contribution is -0.180. The number of carbonyl (C=O) groups is 1. The third-order valence-electron chi connectivity index (χ3n) is 11.6. The number of thiazole rings is 1. The van der Waals surface area contributed by atoms with Crippen LogP contribution < -0.4 is 4.74 Å². The number of aliphatic hydroxyl groups is 2. The molecule has 8 heteroatoms. The van der Waals surface area contributed by atoms with Crippen molar-refractivity contribution in [1.29, 1.82) is 0 Å². The SMILES string of the molecule is CC12Cc3cnn(-c4ccccc4)c3C=C1CCC1C2[C@@H](O)CC2(C)C1CC[C@]2(O)C(=O)COc1nc2ccccc2s1. The fourth-order valence-corrected chi connectivity index (χ4v) is 10.4. The summed E-state index contributed by atoms with van der Waals surface area (Å²) in [6.45, 7) is 4.14. The first-order chi connectivity index (χ1) is 20.7. The molecule has 43 heavy (non-hydrogen) atoms. The molecule has 0 saturated heterocycles. The van der Waals surface area contributed by atoms with Gasteiger partial charge in [-0.05, 0) is 97.6 Å². The van der Waals surface area contributed by atoms with Gasteiger partial charge in [-0.1, -0.05) is 61.1 Å². The summed E-state index contributed by atoms with van der Waals surface area (Å²) in [5.74, 6) is 0.147. The average molecular weight is 596 g/mol. The fraction of sp³-hybridized carbons (Fsp3) is 0.457. The second kappa shape index (κ2) is 9.58. The van der Waals surface area contributed by atoms with Crippen LogP contribution in [0.15, 0.2) is 66.4 Å². The van der Waals surface area contributed by atoms with E-state index in [9.17, 15) is 15.0 Å². The molecule has 0 amide bonds. The van der Waals surface area contributed by atoms with Crippen molar-refractivity contribution in [3.8, 4) is 10.9 Å². The van der Waals surface area contributed by atoms with Gasteiger partial charge in [0.2, 0.25) is 5.78 Å². The minimum absolute atomic E-state index is 0.0650. The van der Waals surface area contributed by atoms with Gasteiger partial charge in [-0.2, -0.15) is 5.10 Å². The molecule has 5 unspecified atom stereocenters. The van der Waals surface area contributed by atoms with Crippen LogP contribution in [0.25, 0.3) is 22.0 Å². The van der Waals surface area contributed by atoms with E-state index >= 15 is 0 Å². The molecule has 7 atom stereocenters. The molecular formula is C35H37N3O4S. The van der Waals surface area contributed by atoms with Crippen molar-refractivity contribution in [3.05, 3.63) is 77.6 Å². The van der Waals surface area contributed by atoms with Gasteiger partial charge in [0, 0.05) is 5.41 Å². The summed E-state index contributed by atoms with van der Waals surface area (Å²) < 4.78 is 8.89. The van der Waals surface area contributed by atoms with Crippen LogP contribution in [0.1, 0.15) is 57.2 Å². The fourth-order valence-electron chi connectivity index (χ4n) is 9.58. The third kappa shape index (κ3) is 3.89. The van der Waals surface area contributed by atoms with E-state index in [-0.39, 0.29) is 35.6 Å². The number of hydrogen-bond donors (Lipinski definition) is 2. The number of aliphatic hydroxyl groups excluding tert-OH is 1. The molecule has 0 spiro atoms. The van der Waals surface area contributed by atoms with E-state index < -0.39 is 17.1 Å². The number of rotatable bonds is 5. The first-order valence-electron chi connectivity index (χ1n) is 15.5. The summed E-state index contributed by atoms with van der Waals surface area (Å²) in [6.07, 6.45) is 8.01. The highest BCUT2D eigenvalue weighted by Crippen LogP contribution is 2.67. The number of fused-ring (bicyclic) bond motifs is 7. The predicted molar refractivity (Wildman–Crippen MR) is 166 cm³/mol. The number of ether oxygens (including phenoxy) is 1. The maximum Gasteiger partial charge on any atom is 0.274 e. The van der Waals surface area contributed by atoms with Crippen molar-refractivity contribution in [2.75, 3.05) is 6.61 Å². The number of para-hydroxylation sites is 2. The van der Waals surface area contributed by atoms with E-state index in [4.69, 9.17) is 9.84 Å². The van der Waals surface area contributed by atoms with E-state index in [0.717, 1.165) is 47.3 Å². The zero-order valence-electron chi connectivity index (χ0n) is 24.6. The Morgan fingerprint density at radius 2 is 1.91 bits per heavy atom. The minimum Gasteiger partial charge on any atom is -0.462 e. The highest BCUT2D eigenvalue weighted by Gasteiger charge is 2.68. The molecule has 222 valence electrons. The number of nitrogens with zero attached hydrogens (tertiary/aromatic N) is 3. The van der Waals surface area contributed by atoms with Crippen LogP contribution in [0, 0.1) is 28.6 Å². The van der Waals surface area contributed by atoms with Gasteiger partial charge in [-0.3, -0.25) is 4.79 Å². The zero-order valence-corrected chi connectivity index (χ0v) is 25.4. The van der Waals surface area contributed by atoms with Crippen molar-refractivity contribution >= 4 is 33.4 Å². The highest BCUT2D eigenvalue weighted by molar-refractivity contribution is 7.20. The molecule has 3 saturated carbocycles. The van der Waals surface area contributed by atoms with Gasteiger partial charge in [0.1, 0.15) is 5.60 Å². The number of Topliss-reactive ketones (excluding diaryl/α,β-unsaturated/α-hetero) is 1. The van der Waals surface area contributed by atoms with E-state index in [1.165, 1.54) is 22.5 Å². The topological polar surface area (TPSA) is 97.5 Å². The summed E-state index contributed by atoms with van der Waals surface area (Å²) in [5, 5.41) is 29.2. The van der Waals surface area contributed by atoms with E-state index in [1.54, 1.807) is 0 Å². The van der Waals surface area contributed by atoms with Crippen molar-refractivity contribution in [2.24, 2.45) is 28.6 Å². The zero-order chi connectivity index (χ0) is 29.6. The molecule has 2 N–H and O–H groups in total. The summed E-state index contributed by atoms with van der Waals surface area (Å²) >= 11 is 1.40. The molecule has 4 aromatic rings. The quantitative estimate of drug-likeness (QED) is 0.293. The molecule has 0 radical (unpaired) electrons. The highest BCUT2D eigenvalue weighted by atomic mass is 32.1. The second-order valence-electron chi connectivity index (χ2n) is 13.6. The van der Waals surface area contributed by atoms with Crippen LogP contribution in [-0.2, 0) is 11.2 Å². The van der Waals surface area contributed by atoms with Crippen LogP contribution in [0.3, 0.4) is 0 Å². The van der Waals surface area contributed by atoms with Gasteiger partial charge in [-0.15, -0.1) is 0 Å². The lowest BCUT2D eigenvalue weighted by Crippen LogP contribution is -2.62. The first kappa shape index (κ1) is 27.2. The van der Waals surface area contributed by atoms with Gasteiger partial charge in [-0.25, -0.2) is 9.67 Å². The molecule has 0 bridgehead atoms. The molecule has 3 fully saturated rings. The summed E-state index contributed by atoms with van der Waals surface area (Å²) in [6, 6.07) is 18.0. The number of hydrogen-bond acceptors (Lipinski definition) is 7. The Balaban J connectivity index is 1.05. The second-order valence-corrected chi connectivity index (χ2v) is 14.6. The van der Waals surface area contributed by atoms with Crippen molar-refractivity contribution in [1.82, 2.24) is 14.8 Å². The van der Waals surface area contributed by atoms with Gasteiger partial charge < -0.3 is 14.9 Å². The molecular weight excluding hydrogens is 558 g/mol. The first-order valence-corrected chi connectivity index (χ1v) is 16.3. The molecule has 2 aromatic carbocycles. The minimum atomic E-state index is -1.53.